The first kappa shape index (κ1) is 14.6. The van der Waals surface area contributed by atoms with Crippen molar-refractivity contribution in [2.45, 2.75) is 27.7 Å². The minimum Gasteiger partial charge on any atom is -0.385 e. The lowest BCUT2D eigenvalue weighted by atomic mass is 10.1. The highest BCUT2D eigenvalue weighted by Crippen LogP contribution is 2.17. The van der Waals surface area contributed by atoms with E-state index in [1.165, 1.54) is 0 Å². The molecule has 1 amide bonds. The Hall–Kier alpha value is -1.51. The van der Waals surface area contributed by atoms with Gasteiger partial charge in [0.1, 0.15) is 0 Å². The van der Waals surface area contributed by atoms with Crippen molar-refractivity contribution in [1.29, 1.82) is 0 Å². The number of nitrogens with zero attached hydrogens (tertiary/aromatic N) is 1. The zero-order valence-corrected chi connectivity index (χ0v) is 12.1. The molecule has 3 nitrogen and oxygen atoms in total. The number of carbonyl (C=O) groups excluding carboxylic acids is 1. The highest BCUT2D eigenvalue weighted by molar-refractivity contribution is 5.94. The summed E-state index contributed by atoms with van der Waals surface area (Å²) in [5.41, 5.74) is 2.97. The molecule has 100 valence electrons. The first-order valence-electron chi connectivity index (χ1n) is 6.55. The number of rotatable bonds is 5. The van der Waals surface area contributed by atoms with Crippen molar-refractivity contribution in [3.63, 3.8) is 0 Å². The van der Waals surface area contributed by atoms with E-state index in [0.29, 0.717) is 5.92 Å². The largest absolute Gasteiger partial charge is 0.385 e. The second-order valence-electron chi connectivity index (χ2n) is 5.14. The molecule has 0 unspecified atom stereocenters. The molecule has 0 saturated carbocycles. The van der Waals surface area contributed by atoms with Crippen LogP contribution in [0, 0.1) is 12.8 Å². The van der Waals surface area contributed by atoms with Crippen molar-refractivity contribution in [1.82, 2.24) is 4.90 Å². The summed E-state index contributed by atoms with van der Waals surface area (Å²) >= 11 is 0. The summed E-state index contributed by atoms with van der Waals surface area (Å²) in [4.78, 5) is 14.0. The molecule has 0 bridgehead atoms. The van der Waals surface area contributed by atoms with E-state index in [2.05, 4.69) is 26.1 Å². The monoisotopic (exact) mass is 248 g/mol. The first-order chi connectivity index (χ1) is 8.45. The lowest BCUT2D eigenvalue weighted by Crippen LogP contribution is -2.30. The Morgan fingerprint density at radius 3 is 2.56 bits per heavy atom. The second-order valence-corrected chi connectivity index (χ2v) is 5.14. The molecule has 0 fully saturated rings. The van der Waals surface area contributed by atoms with Gasteiger partial charge in [-0.05, 0) is 43.5 Å². The number of anilines is 1. The molecule has 0 aliphatic carbocycles. The molecule has 1 aromatic rings. The van der Waals surface area contributed by atoms with Crippen molar-refractivity contribution in [3.8, 4) is 0 Å². The standard InChI is InChI=1S/C15H24N2O/c1-6-16-14-8-7-13(9-12(14)4)15(18)17(5)10-11(2)3/h7-9,11,16H,6,10H2,1-5H3. The van der Waals surface area contributed by atoms with Crippen LogP contribution in [-0.4, -0.2) is 30.9 Å². The summed E-state index contributed by atoms with van der Waals surface area (Å²) in [6.45, 7) is 9.99. The van der Waals surface area contributed by atoms with Crippen LogP contribution in [0.25, 0.3) is 0 Å². The number of benzene rings is 1. The zero-order valence-electron chi connectivity index (χ0n) is 12.1. The molecule has 0 atom stereocenters. The topological polar surface area (TPSA) is 32.3 Å². The smallest absolute Gasteiger partial charge is 0.253 e. The number of hydrogen-bond donors (Lipinski definition) is 1. The van der Waals surface area contributed by atoms with E-state index >= 15 is 0 Å². The van der Waals surface area contributed by atoms with Gasteiger partial charge < -0.3 is 10.2 Å². The van der Waals surface area contributed by atoms with Crippen LogP contribution in [0.5, 0.6) is 0 Å². The molecule has 0 aliphatic heterocycles. The molecule has 3 heteroatoms. The van der Waals surface area contributed by atoms with E-state index in [0.717, 1.165) is 29.9 Å². The zero-order chi connectivity index (χ0) is 13.7. The molecule has 0 radical (unpaired) electrons. The molecule has 0 aromatic heterocycles. The maximum Gasteiger partial charge on any atom is 0.253 e. The maximum atomic E-state index is 12.2. The van der Waals surface area contributed by atoms with Gasteiger partial charge in [0.05, 0.1) is 0 Å². The van der Waals surface area contributed by atoms with Crippen LogP contribution in [-0.2, 0) is 0 Å². The van der Waals surface area contributed by atoms with E-state index < -0.39 is 0 Å². The highest BCUT2D eigenvalue weighted by Gasteiger charge is 2.13. The summed E-state index contributed by atoms with van der Waals surface area (Å²) in [6, 6.07) is 5.83. The average Bonchev–Trinajstić information content (AvgIpc) is 2.30. The summed E-state index contributed by atoms with van der Waals surface area (Å²) < 4.78 is 0. The lowest BCUT2D eigenvalue weighted by molar-refractivity contribution is 0.0779. The number of nitrogens with one attached hydrogen (secondary N) is 1. The van der Waals surface area contributed by atoms with Gasteiger partial charge in [-0.15, -0.1) is 0 Å². The van der Waals surface area contributed by atoms with Gasteiger partial charge in [-0.1, -0.05) is 13.8 Å². The predicted octanol–water partition coefficient (Wildman–Crippen LogP) is 3.15. The van der Waals surface area contributed by atoms with Crippen molar-refractivity contribution in [2.75, 3.05) is 25.5 Å². The van der Waals surface area contributed by atoms with Crippen LogP contribution in [0.4, 0.5) is 5.69 Å². The molecular formula is C15H24N2O. The quantitative estimate of drug-likeness (QED) is 0.868. The third-order valence-electron chi connectivity index (χ3n) is 2.83. The lowest BCUT2D eigenvalue weighted by Gasteiger charge is -2.20. The fraction of sp³-hybridized carbons (Fsp3) is 0.533. The Morgan fingerprint density at radius 2 is 2.06 bits per heavy atom. The van der Waals surface area contributed by atoms with Gasteiger partial charge in [-0.2, -0.15) is 0 Å². The van der Waals surface area contributed by atoms with Gasteiger partial charge in [0.25, 0.3) is 5.91 Å². The van der Waals surface area contributed by atoms with Crippen molar-refractivity contribution in [2.24, 2.45) is 5.92 Å². The third-order valence-corrected chi connectivity index (χ3v) is 2.83. The molecule has 1 N–H and O–H groups in total. The molecule has 0 saturated heterocycles. The number of carbonyl (C=O) groups is 1. The van der Waals surface area contributed by atoms with Crippen LogP contribution in [0.3, 0.4) is 0 Å². The highest BCUT2D eigenvalue weighted by atomic mass is 16.2. The van der Waals surface area contributed by atoms with Gasteiger partial charge in [0.2, 0.25) is 0 Å². The van der Waals surface area contributed by atoms with E-state index in [1.54, 1.807) is 4.90 Å². The Morgan fingerprint density at radius 1 is 1.39 bits per heavy atom. The fourth-order valence-corrected chi connectivity index (χ4v) is 2.04. The van der Waals surface area contributed by atoms with Crippen LogP contribution < -0.4 is 5.32 Å². The van der Waals surface area contributed by atoms with Crippen molar-refractivity contribution < 1.29 is 4.79 Å². The number of hydrogen-bond acceptors (Lipinski definition) is 2. The molecule has 18 heavy (non-hydrogen) atoms. The normalized spacial score (nSPS) is 10.6. The minimum atomic E-state index is 0.0925. The van der Waals surface area contributed by atoms with E-state index in [9.17, 15) is 4.79 Å². The summed E-state index contributed by atoms with van der Waals surface area (Å²) in [7, 11) is 1.86. The Labute approximate surface area is 110 Å². The van der Waals surface area contributed by atoms with E-state index in [-0.39, 0.29) is 5.91 Å². The Bertz CT molecular complexity index is 413. The summed E-state index contributed by atoms with van der Waals surface area (Å²) in [5, 5.41) is 3.28. The molecule has 1 aromatic carbocycles. The second kappa shape index (κ2) is 6.43. The van der Waals surface area contributed by atoms with Gasteiger partial charge in [-0.3, -0.25) is 4.79 Å². The minimum absolute atomic E-state index is 0.0925. The average molecular weight is 248 g/mol. The Balaban J connectivity index is 2.84. The van der Waals surface area contributed by atoms with E-state index in [1.807, 2.05) is 32.2 Å². The molecule has 0 spiro atoms. The van der Waals surface area contributed by atoms with Gasteiger partial charge in [0, 0.05) is 31.4 Å². The fourth-order valence-electron chi connectivity index (χ4n) is 2.04. The molecule has 1 rings (SSSR count). The van der Waals surface area contributed by atoms with Crippen LogP contribution in [0.15, 0.2) is 18.2 Å². The van der Waals surface area contributed by atoms with Crippen LogP contribution >= 0.6 is 0 Å². The predicted molar refractivity (Wildman–Crippen MR) is 77.1 cm³/mol. The van der Waals surface area contributed by atoms with Crippen molar-refractivity contribution in [3.05, 3.63) is 29.3 Å². The Kier molecular flexibility index (Phi) is 5.20. The van der Waals surface area contributed by atoms with Gasteiger partial charge in [0.15, 0.2) is 0 Å². The van der Waals surface area contributed by atoms with E-state index in [4.69, 9.17) is 0 Å². The van der Waals surface area contributed by atoms with Crippen LogP contribution in [0.1, 0.15) is 36.7 Å². The SMILES string of the molecule is CCNc1ccc(C(=O)N(C)CC(C)C)cc1C. The first-order valence-corrected chi connectivity index (χ1v) is 6.55. The number of amides is 1. The summed E-state index contributed by atoms with van der Waals surface area (Å²) in [5.74, 6) is 0.580. The summed E-state index contributed by atoms with van der Waals surface area (Å²) in [6.07, 6.45) is 0. The third kappa shape index (κ3) is 3.76. The van der Waals surface area contributed by atoms with Gasteiger partial charge >= 0.3 is 0 Å². The van der Waals surface area contributed by atoms with Crippen molar-refractivity contribution >= 4 is 11.6 Å². The van der Waals surface area contributed by atoms with Crippen LogP contribution in [0.2, 0.25) is 0 Å². The molecular weight excluding hydrogens is 224 g/mol. The maximum absolute atomic E-state index is 12.2. The molecule has 0 heterocycles. The molecule has 0 aliphatic rings. The number of aryl methyl sites for hydroxylation is 1. The van der Waals surface area contributed by atoms with Gasteiger partial charge in [-0.25, -0.2) is 0 Å².